The van der Waals surface area contributed by atoms with Crippen LogP contribution < -0.4 is 10.5 Å². The summed E-state index contributed by atoms with van der Waals surface area (Å²) in [6, 6.07) is 9.96. The standard InChI is InChI=1S/C20H23N3O3/c1-4-26-20(25)17-12-21-18-15(11-10-14(2)23(18)19(17)24)13-22(3)16-8-6-5-7-9-16/h5-9,12-14H,4,10-11H2,1-3H3/b15-13+. The predicted molar refractivity (Wildman–Crippen MR) is 101 cm³/mol. The molecule has 6 nitrogen and oxygen atoms in total. The number of hydrogen-bond donors (Lipinski definition) is 0. The molecule has 2 heterocycles. The molecule has 3 rings (SSSR count). The van der Waals surface area contributed by atoms with Crippen LogP contribution in [0.2, 0.25) is 0 Å². The van der Waals surface area contributed by atoms with E-state index in [0.29, 0.717) is 5.82 Å². The number of benzene rings is 1. The highest BCUT2D eigenvalue weighted by Crippen LogP contribution is 2.30. The zero-order valence-corrected chi connectivity index (χ0v) is 15.3. The largest absolute Gasteiger partial charge is 0.462 e. The van der Waals surface area contributed by atoms with Crippen LogP contribution in [0.5, 0.6) is 0 Å². The Labute approximate surface area is 152 Å². The van der Waals surface area contributed by atoms with Crippen molar-refractivity contribution in [2.75, 3.05) is 18.6 Å². The van der Waals surface area contributed by atoms with Gasteiger partial charge in [0.2, 0.25) is 0 Å². The topological polar surface area (TPSA) is 64.4 Å². The maximum atomic E-state index is 12.8. The number of carbonyl (C=O) groups excluding carboxylic acids is 1. The summed E-state index contributed by atoms with van der Waals surface area (Å²) in [5.74, 6) is -0.00501. The third-order valence-corrected chi connectivity index (χ3v) is 4.56. The van der Waals surface area contributed by atoms with Gasteiger partial charge in [0.05, 0.1) is 6.61 Å². The number of carbonyl (C=O) groups is 1. The van der Waals surface area contributed by atoms with Gasteiger partial charge in [-0.2, -0.15) is 0 Å². The first kappa shape index (κ1) is 17.9. The first-order chi connectivity index (χ1) is 12.5. The molecule has 136 valence electrons. The highest BCUT2D eigenvalue weighted by atomic mass is 16.5. The Hall–Kier alpha value is -2.89. The fourth-order valence-electron chi connectivity index (χ4n) is 3.16. The van der Waals surface area contributed by atoms with Gasteiger partial charge in [-0.25, -0.2) is 9.78 Å². The van der Waals surface area contributed by atoms with Crippen LogP contribution in [-0.4, -0.2) is 29.2 Å². The molecular weight excluding hydrogens is 330 g/mol. The van der Waals surface area contributed by atoms with E-state index in [1.54, 1.807) is 11.5 Å². The van der Waals surface area contributed by atoms with Crippen molar-refractivity contribution in [1.82, 2.24) is 9.55 Å². The summed E-state index contributed by atoms with van der Waals surface area (Å²) < 4.78 is 6.58. The van der Waals surface area contributed by atoms with E-state index in [4.69, 9.17) is 4.74 Å². The van der Waals surface area contributed by atoms with Gasteiger partial charge in [0.15, 0.2) is 0 Å². The van der Waals surface area contributed by atoms with E-state index >= 15 is 0 Å². The molecule has 0 amide bonds. The Balaban J connectivity index is 2.03. The SMILES string of the molecule is CCOC(=O)c1cnc2n(c1=O)C(C)CC/C2=C\N(C)c1ccccc1. The first-order valence-electron chi connectivity index (χ1n) is 8.80. The number of rotatable bonds is 4. The predicted octanol–water partition coefficient (Wildman–Crippen LogP) is 3.25. The van der Waals surface area contributed by atoms with Crippen LogP contribution in [0.15, 0.2) is 47.5 Å². The van der Waals surface area contributed by atoms with Gasteiger partial charge < -0.3 is 9.64 Å². The van der Waals surface area contributed by atoms with Gasteiger partial charge in [0.25, 0.3) is 5.56 Å². The Bertz CT molecular complexity index is 887. The molecule has 0 N–H and O–H groups in total. The van der Waals surface area contributed by atoms with Crippen molar-refractivity contribution in [2.24, 2.45) is 0 Å². The van der Waals surface area contributed by atoms with E-state index in [0.717, 1.165) is 24.1 Å². The summed E-state index contributed by atoms with van der Waals surface area (Å²) in [5, 5.41) is 0. The minimum Gasteiger partial charge on any atom is -0.462 e. The second-order valence-corrected chi connectivity index (χ2v) is 6.38. The third kappa shape index (κ3) is 3.40. The van der Waals surface area contributed by atoms with Gasteiger partial charge in [-0.1, -0.05) is 18.2 Å². The second-order valence-electron chi connectivity index (χ2n) is 6.38. The van der Waals surface area contributed by atoms with Gasteiger partial charge in [-0.3, -0.25) is 9.36 Å². The van der Waals surface area contributed by atoms with Gasteiger partial charge in [-0.15, -0.1) is 0 Å². The summed E-state index contributed by atoms with van der Waals surface area (Å²) in [7, 11) is 1.97. The van der Waals surface area contributed by atoms with Gasteiger partial charge in [0, 0.05) is 36.7 Å². The molecule has 1 aliphatic heterocycles. The number of hydrogen-bond acceptors (Lipinski definition) is 5. The maximum absolute atomic E-state index is 12.8. The third-order valence-electron chi connectivity index (χ3n) is 4.56. The summed E-state index contributed by atoms with van der Waals surface area (Å²) >= 11 is 0. The van der Waals surface area contributed by atoms with Gasteiger partial charge in [-0.05, 0) is 38.8 Å². The number of para-hydroxylation sites is 1. The number of ether oxygens (including phenoxy) is 1. The molecular formula is C20H23N3O3. The number of allylic oxidation sites excluding steroid dienone is 1. The molecule has 0 saturated heterocycles. The van der Waals surface area contributed by atoms with E-state index < -0.39 is 5.97 Å². The highest BCUT2D eigenvalue weighted by molar-refractivity contribution is 5.88. The summed E-state index contributed by atoms with van der Waals surface area (Å²) in [5.41, 5.74) is 1.67. The van der Waals surface area contributed by atoms with Crippen LogP contribution in [0.3, 0.4) is 0 Å². The number of esters is 1. The van der Waals surface area contributed by atoms with Gasteiger partial charge in [0.1, 0.15) is 11.4 Å². The Morgan fingerprint density at radius 2 is 2.12 bits per heavy atom. The molecule has 0 aliphatic carbocycles. The van der Waals surface area contributed by atoms with E-state index in [9.17, 15) is 9.59 Å². The fraction of sp³-hybridized carbons (Fsp3) is 0.350. The minimum atomic E-state index is -0.620. The van der Waals surface area contributed by atoms with E-state index in [1.807, 2.05) is 55.4 Å². The van der Waals surface area contributed by atoms with Crippen molar-refractivity contribution in [1.29, 1.82) is 0 Å². The normalized spacial score (nSPS) is 17.7. The van der Waals surface area contributed by atoms with Crippen LogP contribution in [0.25, 0.3) is 5.57 Å². The number of fused-ring (bicyclic) bond motifs is 1. The Morgan fingerprint density at radius 1 is 1.38 bits per heavy atom. The smallest absolute Gasteiger partial charge is 0.345 e. The highest BCUT2D eigenvalue weighted by Gasteiger charge is 2.26. The van der Waals surface area contributed by atoms with Crippen LogP contribution >= 0.6 is 0 Å². The van der Waals surface area contributed by atoms with Crippen molar-refractivity contribution in [3.63, 3.8) is 0 Å². The minimum absolute atomic E-state index is 0.0138. The molecule has 1 unspecified atom stereocenters. The lowest BCUT2D eigenvalue weighted by atomic mass is 10.00. The summed E-state index contributed by atoms with van der Waals surface area (Å²) in [6.45, 7) is 3.91. The van der Waals surface area contributed by atoms with Gasteiger partial charge >= 0.3 is 5.97 Å². The molecule has 0 radical (unpaired) electrons. The van der Waals surface area contributed by atoms with E-state index in [2.05, 4.69) is 4.98 Å². The zero-order chi connectivity index (χ0) is 18.7. The van der Waals surface area contributed by atoms with E-state index in [1.165, 1.54) is 6.20 Å². The molecule has 26 heavy (non-hydrogen) atoms. The van der Waals surface area contributed by atoms with Crippen LogP contribution in [0, 0.1) is 0 Å². The Kier molecular flexibility index (Phi) is 5.21. The van der Waals surface area contributed by atoms with Crippen LogP contribution in [0.4, 0.5) is 5.69 Å². The zero-order valence-electron chi connectivity index (χ0n) is 15.3. The molecule has 6 heteroatoms. The molecule has 1 aromatic heterocycles. The lowest BCUT2D eigenvalue weighted by Crippen LogP contribution is -2.34. The average Bonchev–Trinajstić information content (AvgIpc) is 2.64. The van der Waals surface area contributed by atoms with Crippen molar-refractivity contribution < 1.29 is 9.53 Å². The summed E-state index contributed by atoms with van der Waals surface area (Å²) in [6.07, 6.45) is 4.98. The second kappa shape index (κ2) is 7.56. The lowest BCUT2D eigenvalue weighted by molar-refractivity contribution is 0.0522. The number of nitrogens with zero attached hydrogens (tertiary/aromatic N) is 3. The molecule has 0 spiro atoms. The van der Waals surface area contributed by atoms with Crippen molar-refractivity contribution in [3.05, 3.63) is 64.5 Å². The molecule has 2 aromatic rings. The Morgan fingerprint density at radius 3 is 2.81 bits per heavy atom. The van der Waals surface area contributed by atoms with Crippen LogP contribution in [-0.2, 0) is 4.74 Å². The number of aromatic nitrogens is 2. The van der Waals surface area contributed by atoms with Crippen molar-refractivity contribution >= 4 is 17.2 Å². The molecule has 0 saturated carbocycles. The molecule has 0 bridgehead atoms. The van der Waals surface area contributed by atoms with Crippen molar-refractivity contribution in [3.8, 4) is 0 Å². The lowest BCUT2D eigenvalue weighted by Gasteiger charge is -2.27. The molecule has 1 atom stereocenters. The fourth-order valence-corrected chi connectivity index (χ4v) is 3.16. The number of anilines is 1. The average molecular weight is 353 g/mol. The molecule has 1 aromatic carbocycles. The monoisotopic (exact) mass is 353 g/mol. The first-order valence-corrected chi connectivity index (χ1v) is 8.80. The maximum Gasteiger partial charge on any atom is 0.345 e. The van der Waals surface area contributed by atoms with E-state index in [-0.39, 0.29) is 23.8 Å². The molecule has 0 fully saturated rings. The molecule has 1 aliphatic rings. The van der Waals surface area contributed by atoms with Crippen LogP contribution in [0.1, 0.15) is 48.9 Å². The quantitative estimate of drug-likeness (QED) is 0.790. The van der Waals surface area contributed by atoms with Crippen molar-refractivity contribution in [2.45, 2.75) is 32.7 Å². The summed E-state index contributed by atoms with van der Waals surface area (Å²) in [4.78, 5) is 31.3.